The summed E-state index contributed by atoms with van der Waals surface area (Å²) in [6.07, 6.45) is 0. The van der Waals surface area contributed by atoms with Gasteiger partial charge in [-0.15, -0.1) is 5.10 Å². The van der Waals surface area contributed by atoms with Crippen LogP contribution in [0.25, 0.3) is 5.69 Å². The molecule has 0 radical (unpaired) electrons. The van der Waals surface area contributed by atoms with E-state index in [4.69, 9.17) is 21.1 Å². The van der Waals surface area contributed by atoms with Crippen LogP contribution in [0, 0.1) is 0 Å². The van der Waals surface area contributed by atoms with Gasteiger partial charge in [0.1, 0.15) is 6.61 Å². The summed E-state index contributed by atoms with van der Waals surface area (Å²) in [4.78, 5) is 0. The van der Waals surface area contributed by atoms with Crippen LogP contribution in [-0.4, -0.2) is 39.6 Å². The quantitative estimate of drug-likeness (QED) is 0.190. The Morgan fingerprint density at radius 1 is 1.06 bits per heavy atom. The van der Waals surface area contributed by atoms with E-state index in [1.54, 1.807) is 23.6 Å². The lowest BCUT2D eigenvalue weighted by atomic mass is 10.2. The minimum Gasteiger partial charge on any atom is -0.493 e. The highest BCUT2D eigenvalue weighted by Gasteiger charge is 2.13. The van der Waals surface area contributed by atoms with Gasteiger partial charge in [0, 0.05) is 23.9 Å². The van der Waals surface area contributed by atoms with Gasteiger partial charge in [0.2, 0.25) is 5.16 Å². The van der Waals surface area contributed by atoms with Crippen molar-refractivity contribution in [2.45, 2.75) is 18.3 Å². The Labute approximate surface area is 215 Å². The number of hydrogen-bond donors (Lipinski definition) is 1. The Balaban J connectivity index is 1.29. The van der Waals surface area contributed by atoms with Crippen LogP contribution in [0.1, 0.15) is 11.1 Å². The van der Waals surface area contributed by atoms with Crippen LogP contribution in [0.3, 0.4) is 0 Å². The maximum absolute atomic E-state index is 6.06. The Kier molecular flexibility index (Phi) is 8.81. The number of tetrazole rings is 1. The minimum absolute atomic E-state index is 0.396. The highest BCUT2D eigenvalue weighted by atomic mass is 79.9. The Bertz CT molecular complexity index is 1230. The van der Waals surface area contributed by atoms with Crippen molar-refractivity contribution < 1.29 is 9.47 Å². The van der Waals surface area contributed by atoms with Crippen molar-refractivity contribution in [1.29, 1.82) is 0 Å². The third-order valence-corrected chi connectivity index (χ3v) is 6.59. The molecule has 34 heavy (non-hydrogen) atoms. The number of methoxy groups -OCH3 is 1. The molecule has 1 aromatic heterocycles. The lowest BCUT2D eigenvalue weighted by Crippen LogP contribution is -2.17. The van der Waals surface area contributed by atoms with Crippen molar-refractivity contribution in [2.75, 3.05) is 19.4 Å². The molecular weight excluding hydrogens is 538 g/mol. The second kappa shape index (κ2) is 12.2. The lowest BCUT2D eigenvalue weighted by Gasteiger charge is -2.15. The molecular formula is C24H23BrClN5O2S. The van der Waals surface area contributed by atoms with E-state index >= 15 is 0 Å². The fourth-order valence-corrected chi connectivity index (χ4v) is 4.85. The van der Waals surface area contributed by atoms with E-state index in [1.165, 1.54) is 0 Å². The summed E-state index contributed by atoms with van der Waals surface area (Å²) in [5.74, 6) is 2.16. The number of para-hydroxylation sites is 1. The molecule has 3 aromatic carbocycles. The molecule has 0 bridgehead atoms. The van der Waals surface area contributed by atoms with E-state index < -0.39 is 0 Å². The molecule has 4 aromatic rings. The highest BCUT2D eigenvalue weighted by Crippen LogP contribution is 2.37. The van der Waals surface area contributed by atoms with Crippen LogP contribution in [0.5, 0.6) is 11.5 Å². The topological polar surface area (TPSA) is 74.1 Å². The molecule has 0 aliphatic heterocycles. The standard InChI is InChI=1S/C24H23BrClN5O2S/c1-32-22-14-18(13-21(25)23(22)33-16-17-6-5-7-19(26)12-17)15-27-10-11-34-24-28-29-30-31(24)20-8-3-2-4-9-20/h2-9,12-14,27H,10-11,15-16H2,1H3. The summed E-state index contributed by atoms with van der Waals surface area (Å²) in [5, 5.41) is 16.9. The maximum atomic E-state index is 6.06. The second-order valence-corrected chi connectivity index (χ2v) is 9.61. The summed E-state index contributed by atoms with van der Waals surface area (Å²) < 4.78 is 14.2. The predicted octanol–water partition coefficient (Wildman–Crippen LogP) is 5.55. The molecule has 0 unspecified atom stereocenters. The van der Waals surface area contributed by atoms with Gasteiger partial charge in [-0.3, -0.25) is 0 Å². The van der Waals surface area contributed by atoms with E-state index in [-0.39, 0.29) is 0 Å². The first-order valence-corrected chi connectivity index (χ1v) is 12.7. The zero-order valence-electron chi connectivity index (χ0n) is 18.4. The summed E-state index contributed by atoms with van der Waals surface area (Å²) >= 11 is 11.3. The zero-order chi connectivity index (χ0) is 23.8. The predicted molar refractivity (Wildman–Crippen MR) is 138 cm³/mol. The molecule has 0 aliphatic rings. The number of nitrogens with one attached hydrogen (secondary N) is 1. The first kappa shape index (κ1) is 24.5. The number of rotatable bonds is 11. The fraction of sp³-hybridized carbons (Fsp3) is 0.208. The maximum Gasteiger partial charge on any atom is 0.214 e. The molecule has 0 saturated carbocycles. The van der Waals surface area contributed by atoms with Gasteiger partial charge in [0.25, 0.3) is 0 Å². The average molecular weight is 561 g/mol. The number of aromatic nitrogens is 4. The number of thioether (sulfide) groups is 1. The smallest absolute Gasteiger partial charge is 0.214 e. The van der Waals surface area contributed by atoms with Crippen LogP contribution in [0.2, 0.25) is 5.02 Å². The molecule has 176 valence electrons. The normalized spacial score (nSPS) is 10.9. The van der Waals surface area contributed by atoms with Crippen molar-refractivity contribution in [3.05, 3.63) is 87.4 Å². The number of hydrogen-bond acceptors (Lipinski definition) is 7. The first-order chi connectivity index (χ1) is 16.6. The van der Waals surface area contributed by atoms with Crippen molar-refractivity contribution in [3.8, 4) is 17.2 Å². The third-order valence-electron chi connectivity index (χ3n) is 4.84. The van der Waals surface area contributed by atoms with E-state index in [0.717, 1.165) is 38.7 Å². The van der Waals surface area contributed by atoms with E-state index in [2.05, 4.69) is 36.8 Å². The largest absolute Gasteiger partial charge is 0.493 e. The summed E-state index contributed by atoms with van der Waals surface area (Å²) in [6, 6.07) is 21.5. The lowest BCUT2D eigenvalue weighted by molar-refractivity contribution is 0.282. The summed E-state index contributed by atoms with van der Waals surface area (Å²) in [5.41, 5.74) is 3.01. The van der Waals surface area contributed by atoms with Gasteiger partial charge in [-0.1, -0.05) is 53.7 Å². The second-order valence-electron chi connectivity index (χ2n) is 7.26. The molecule has 10 heteroatoms. The average Bonchev–Trinajstić information content (AvgIpc) is 3.32. The van der Waals surface area contributed by atoms with Crippen molar-refractivity contribution in [2.24, 2.45) is 0 Å². The van der Waals surface area contributed by atoms with E-state index in [0.29, 0.717) is 29.7 Å². The molecule has 0 fully saturated rings. The van der Waals surface area contributed by atoms with Crippen LogP contribution in [0.15, 0.2) is 76.4 Å². The molecule has 1 N–H and O–H groups in total. The van der Waals surface area contributed by atoms with Crippen LogP contribution in [-0.2, 0) is 13.2 Å². The van der Waals surface area contributed by atoms with Gasteiger partial charge >= 0.3 is 0 Å². The number of ether oxygens (including phenoxy) is 2. The molecule has 0 amide bonds. The molecule has 0 atom stereocenters. The first-order valence-electron chi connectivity index (χ1n) is 10.5. The number of halogens is 2. The van der Waals surface area contributed by atoms with E-state index in [9.17, 15) is 0 Å². The Morgan fingerprint density at radius 2 is 1.91 bits per heavy atom. The highest BCUT2D eigenvalue weighted by molar-refractivity contribution is 9.10. The SMILES string of the molecule is COc1cc(CNCCSc2nnnn2-c2ccccc2)cc(Br)c1OCc1cccc(Cl)c1. The Hall–Kier alpha value is -2.59. The molecule has 0 saturated heterocycles. The summed E-state index contributed by atoms with van der Waals surface area (Å²) in [6.45, 7) is 1.87. The van der Waals surface area contributed by atoms with Gasteiger partial charge in [0.05, 0.1) is 17.3 Å². The van der Waals surface area contributed by atoms with Crippen LogP contribution < -0.4 is 14.8 Å². The van der Waals surface area contributed by atoms with Crippen LogP contribution in [0.4, 0.5) is 0 Å². The van der Waals surface area contributed by atoms with E-state index in [1.807, 2.05) is 66.7 Å². The number of benzene rings is 3. The fourth-order valence-electron chi connectivity index (χ4n) is 3.24. The molecule has 0 aliphatic carbocycles. The third kappa shape index (κ3) is 6.50. The van der Waals surface area contributed by atoms with Gasteiger partial charge in [-0.25, -0.2) is 0 Å². The zero-order valence-corrected chi connectivity index (χ0v) is 21.6. The summed E-state index contributed by atoms with van der Waals surface area (Å²) in [7, 11) is 1.64. The van der Waals surface area contributed by atoms with Gasteiger partial charge < -0.3 is 14.8 Å². The minimum atomic E-state index is 0.396. The van der Waals surface area contributed by atoms with Gasteiger partial charge in [-0.2, -0.15) is 4.68 Å². The number of nitrogens with zero attached hydrogens (tertiary/aromatic N) is 4. The Morgan fingerprint density at radius 3 is 2.71 bits per heavy atom. The molecule has 1 heterocycles. The molecule has 7 nitrogen and oxygen atoms in total. The monoisotopic (exact) mass is 559 g/mol. The van der Waals surface area contributed by atoms with Crippen molar-refractivity contribution in [1.82, 2.24) is 25.5 Å². The van der Waals surface area contributed by atoms with Gasteiger partial charge in [-0.05, 0) is 73.9 Å². The molecule has 4 rings (SSSR count). The van der Waals surface area contributed by atoms with Gasteiger partial charge in [0.15, 0.2) is 11.5 Å². The molecule has 0 spiro atoms. The van der Waals surface area contributed by atoms with Crippen molar-refractivity contribution >= 4 is 39.3 Å². The van der Waals surface area contributed by atoms with Crippen LogP contribution >= 0.6 is 39.3 Å². The van der Waals surface area contributed by atoms with Crippen molar-refractivity contribution in [3.63, 3.8) is 0 Å².